The molecule has 0 aliphatic rings. The lowest BCUT2D eigenvalue weighted by Gasteiger charge is -2.03. The van der Waals surface area contributed by atoms with Crippen LogP contribution in [0.25, 0.3) is 21.9 Å². The molecule has 0 amide bonds. The molecule has 19 heavy (non-hydrogen) atoms. The maximum absolute atomic E-state index is 12.0. The Kier molecular flexibility index (Phi) is 3.04. The number of benzene rings is 1. The largest absolute Gasteiger partial charge is 0.330 e. The third-order valence-electron chi connectivity index (χ3n) is 2.88. The van der Waals surface area contributed by atoms with Gasteiger partial charge in [-0.15, -0.1) is 0 Å². The summed E-state index contributed by atoms with van der Waals surface area (Å²) in [5, 5.41) is 1.40. The molecule has 3 rings (SSSR count). The van der Waals surface area contributed by atoms with E-state index < -0.39 is 0 Å². The van der Waals surface area contributed by atoms with Gasteiger partial charge in [0.15, 0.2) is 5.65 Å². The molecule has 0 aliphatic carbocycles. The summed E-state index contributed by atoms with van der Waals surface area (Å²) in [7, 11) is 0. The van der Waals surface area contributed by atoms with Gasteiger partial charge in [-0.25, -0.2) is 9.97 Å². The third kappa shape index (κ3) is 2.24. The molecule has 0 bridgehead atoms. The van der Waals surface area contributed by atoms with E-state index in [0.717, 1.165) is 15.4 Å². The van der Waals surface area contributed by atoms with E-state index in [4.69, 9.17) is 5.73 Å². The summed E-state index contributed by atoms with van der Waals surface area (Å²) >= 11 is 3.40. The highest BCUT2D eigenvalue weighted by Crippen LogP contribution is 2.20. The average molecular weight is 319 g/mol. The molecule has 0 fully saturated rings. The summed E-state index contributed by atoms with van der Waals surface area (Å²) in [6.07, 6.45) is 0.533. The highest BCUT2D eigenvalue weighted by Gasteiger charge is 2.07. The van der Waals surface area contributed by atoms with E-state index in [1.807, 2.05) is 18.2 Å². The zero-order valence-electron chi connectivity index (χ0n) is 9.98. The molecule has 0 radical (unpaired) electrons. The fraction of sp³-hybridized carbons (Fsp3) is 0.154. The molecule has 5 nitrogen and oxygen atoms in total. The van der Waals surface area contributed by atoms with E-state index in [-0.39, 0.29) is 5.56 Å². The van der Waals surface area contributed by atoms with Gasteiger partial charge in [-0.2, -0.15) is 0 Å². The standard InChI is InChI=1S/C13H11BrN4O/c14-8-1-2-10-7(5-8)6-9-12(16-10)17-11(3-4-15)18-13(9)19/h1-2,5-6H,3-4,15H2,(H,16,17,18,19). The van der Waals surface area contributed by atoms with Crippen molar-refractivity contribution in [2.24, 2.45) is 5.73 Å². The van der Waals surface area contributed by atoms with Gasteiger partial charge in [0.2, 0.25) is 0 Å². The van der Waals surface area contributed by atoms with Gasteiger partial charge in [-0.3, -0.25) is 4.79 Å². The maximum atomic E-state index is 12.0. The van der Waals surface area contributed by atoms with E-state index >= 15 is 0 Å². The number of pyridine rings is 1. The molecular weight excluding hydrogens is 308 g/mol. The molecular formula is C13H11BrN4O. The molecule has 2 aromatic heterocycles. The monoisotopic (exact) mass is 318 g/mol. The molecule has 1 aromatic carbocycles. The van der Waals surface area contributed by atoms with Crippen molar-refractivity contribution in [1.82, 2.24) is 15.0 Å². The number of fused-ring (bicyclic) bond motifs is 2. The quantitative estimate of drug-likeness (QED) is 0.705. The minimum absolute atomic E-state index is 0.178. The number of rotatable bonds is 2. The van der Waals surface area contributed by atoms with Crippen LogP contribution in [0.3, 0.4) is 0 Å². The number of hydrogen-bond donors (Lipinski definition) is 2. The Morgan fingerprint density at radius 2 is 2.11 bits per heavy atom. The number of aromatic nitrogens is 3. The first-order valence-corrected chi connectivity index (χ1v) is 6.66. The van der Waals surface area contributed by atoms with Gasteiger partial charge in [0, 0.05) is 16.3 Å². The lowest BCUT2D eigenvalue weighted by Crippen LogP contribution is -2.15. The van der Waals surface area contributed by atoms with Gasteiger partial charge in [0.1, 0.15) is 5.82 Å². The molecule has 0 spiro atoms. The van der Waals surface area contributed by atoms with Gasteiger partial charge < -0.3 is 10.7 Å². The van der Waals surface area contributed by atoms with E-state index in [1.165, 1.54) is 0 Å². The van der Waals surface area contributed by atoms with Gasteiger partial charge >= 0.3 is 0 Å². The summed E-state index contributed by atoms with van der Waals surface area (Å²) in [6.45, 7) is 0.439. The number of aromatic amines is 1. The summed E-state index contributed by atoms with van der Waals surface area (Å²) in [6, 6.07) is 7.54. The van der Waals surface area contributed by atoms with Crippen LogP contribution in [0, 0.1) is 0 Å². The molecule has 3 N–H and O–H groups in total. The first-order valence-electron chi connectivity index (χ1n) is 5.86. The van der Waals surface area contributed by atoms with E-state index in [9.17, 15) is 4.79 Å². The minimum atomic E-state index is -0.178. The second-order valence-corrected chi connectivity index (χ2v) is 5.16. The maximum Gasteiger partial charge on any atom is 0.260 e. The predicted octanol–water partition coefficient (Wildman–Crippen LogP) is 1.73. The number of halogens is 1. The topological polar surface area (TPSA) is 84.7 Å². The number of hydrogen-bond acceptors (Lipinski definition) is 4. The Balaban J connectivity index is 2.34. The van der Waals surface area contributed by atoms with Crippen molar-refractivity contribution in [2.75, 3.05) is 6.54 Å². The first kappa shape index (κ1) is 12.3. The van der Waals surface area contributed by atoms with Crippen LogP contribution in [0.5, 0.6) is 0 Å². The smallest absolute Gasteiger partial charge is 0.260 e. The van der Waals surface area contributed by atoms with Crippen molar-refractivity contribution in [3.05, 3.63) is 44.9 Å². The fourth-order valence-corrected chi connectivity index (χ4v) is 2.38. The van der Waals surface area contributed by atoms with Gasteiger partial charge in [0.05, 0.1) is 10.9 Å². The molecule has 0 aliphatic heterocycles. The van der Waals surface area contributed by atoms with Crippen LogP contribution in [0.2, 0.25) is 0 Å². The molecule has 0 saturated heterocycles. The lowest BCUT2D eigenvalue weighted by atomic mass is 10.2. The summed E-state index contributed by atoms with van der Waals surface area (Å²) in [4.78, 5) is 23.5. The Labute approximate surface area is 117 Å². The lowest BCUT2D eigenvalue weighted by molar-refractivity contribution is 0.867. The number of nitrogens with two attached hydrogens (primary N) is 1. The van der Waals surface area contributed by atoms with Crippen LogP contribution >= 0.6 is 15.9 Å². The highest BCUT2D eigenvalue weighted by atomic mass is 79.9. The molecule has 0 saturated carbocycles. The zero-order chi connectivity index (χ0) is 13.4. The van der Waals surface area contributed by atoms with Crippen molar-refractivity contribution >= 4 is 37.9 Å². The van der Waals surface area contributed by atoms with E-state index in [2.05, 4.69) is 30.9 Å². The molecule has 0 unspecified atom stereocenters. The van der Waals surface area contributed by atoms with Gasteiger partial charge in [0.25, 0.3) is 5.56 Å². The van der Waals surface area contributed by atoms with E-state index in [0.29, 0.717) is 29.8 Å². The Morgan fingerprint density at radius 3 is 2.89 bits per heavy atom. The fourth-order valence-electron chi connectivity index (χ4n) is 2.00. The van der Waals surface area contributed by atoms with Crippen LogP contribution in [0.4, 0.5) is 0 Å². The van der Waals surface area contributed by atoms with Crippen LogP contribution in [-0.2, 0) is 6.42 Å². The SMILES string of the molecule is NCCc1nc2nc3ccc(Br)cc3cc2c(=O)[nH]1. The summed E-state index contributed by atoms with van der Waals surface area (Å²) in [5.74, 6) is 0.573. The Morgan fingerprint density at radius 1 is 1.26 bits per heavy atom. The van der Waals surface area contributed by atoms with Gasteiger partial charge in [-0.05, 0) is 30.8 Å². The van der Waals surface area contributed by atoms with Crippen LogP contribution < -0.4 is 11.3 Å². The van der Waals surface area contributed by atoms with Crippen molar-refractivity contribution < 1.29 is 0 Å². The number of nitrogens with zero attached hydrogens (tertiary/aromatic N) is 2. The second-order valence-electron chi connectivity index (χ2n) is 4.25. The highest BCUT2D eigenvalue weighted by molar-refractivity contribution is 9.10. The zero-order valence-corrected chi connectivity index (χ0v) is 11.6. The Bertz CT molecular complexity index is 828. The normalized spacial score (nSPS) is 11.3. The minimum Gasteiger partial charge on any atom is -0.330 e. The molecule has 0 atom stereocenters. The molecule has 2 heterocycles. The van der Waals surface area contributed by atoms with Crippen molar-refractivity contribution in [1.29, 1.82) is 0 Å². The molecule has 6 heteroatoms. The van der Waals surface area contributed by atoms with Crippen LogP contribution in [0.15, 0.2) is 33.5 Å². The third-order valence-corrected chi connectivity index (χ3v) is 3.37. The van der Waals surface area contributed by atoms with Crippen molar-refractivity contribution in [3.8, 4) is 0 Å². The van der Waals surface area contributed by atoms with E-state index in [1.54, 1.807) is 6.07 Å². The summed E-state index contributed by atoms with van der Waals surface area (Å²) in [5.41, 5.74) is 6.57. The van der Waals surface area contributed by atoms with Crippen LogP contribution in [-0.4, -0.2) is 21.5 Å². The number of H-pyrrole nitrogens is 1. The molecule has 3 aromatic rings. The second kappa shape index (κ2) is 4.71. The number of nitrogens with one attached hydrogen (secondary N) is 1. The predicted molar refractivity (Wildman–Crippen MR) is 78.1 cm³/mol. The van der Waals surface area contributed by atoms with Gasteiger partial charge in [-0.1, -0.05) is 15.9 Å². The summed E-state index contributed by atoms with van der Waals surface area (Å²) < 4.78 is 0.949. The average Bonchev–Trinajstić information content (AvgIpc) is 2.37. The first-order chi connectivity index (χ1) is 9.17. The molecule has 96 valence electrons. The van der Waals surface area contributed by atoms with Crippen LogP contribution in [0.1, 0.15) is 5.82 Å². The van der Waals surface area contributed by atoms with Crippen molar-refractivity contribution in [2.45, 2.75) is 6.42 Å². The van der Waals surface area contributed by atoms with Crippen molar-refractivity contribution in [3.63, 3.8) is 0 Å². The Hall–Kier alpha value is -1.79.